The Morgan fingerprint density at radius 1 is 1.34 bits per heavy atom. The Bertz CT molecular complexity index is 947. The highest BCUT2D eigenvalue weighted by Gasteiger charge is 2.29. The van der Waals surface area contributed by atoms with Crippen LogP contribution in [0.3, 0.4) is 0 Å². The number of hydrogen-bond donors (Lipinski definition) is 2. The molecule has 0 aromatic carbocycles. The molecule has 29 heavy (non-hydrogen) atoms. The highest BCUT2D eigenvalue weighted by Crippen LogP contribution is 2.41. The molecule has 1 amide bonds. The minimum atomic E-state index is -0.687. The normalized spacial score (nSPS) is 15.9. The van der Waals surface area contributed by atoms with Gasteiger partial charge in [0.15, 0.2) is 10.9 Å². The number of nitrogens with one attached hydrogen (secondary N) is 1. The second-order valence-electron chi connectivity index (χ2n) is 6.95. The Morgan fingerprint density at radius 2 is 2.17 bits per heavy atom. The number of aliphatic hydroxyl groups excluding tert-OH is 1. The van der Waals surface area contributed by atoms with Gasteiger partial charge in [-0.25, -0.2) is 4.98 Å². The first-order valence-electron chi connectivity index (χ1n) is 9.72. The summed E-state index contributed by atoms with van der Waals surface area (Å²) in [7, 11) is 0. The predicted molar refractivity (Wildman–Crippen MR) is 110 cm³/mol. The predicted octanol–water partition coefficient (Wildman–Crippen LogP) is 4.07. The molecule has 1 fully saturated rings. The number of pyridine rings is 1. The van der Waals surface area contributed by atoms with Crippen LogP contribution in [0.15, 0.2) is 41.1 Å². The molecule has 1 aliphatic rings. The largest absolute Gasteiger partial charge is 0.463 e. The van der Waals surface area contributed by atoms with Crippen molar-refractivity contribution in [1.82, 2.24) is 9.97 Å². The quantitative estimate of drug-likeness (QED) is 0.632. The van der Waals surface area contributed by atoms with E-state index in [2.05, 4.69) is 15.3 Å². The maximum absolute atomic E-state index is 12.6. The first-order chi connectivity index (χ1) is 14.2. The number of ether oxygens (including phenoxy) is 1. The van der Waals surface area contributed by atoms with E-state index in [-0.39, 0.29) is 11.8 Å². The van der Waals surface area contributed by atoms with Gasteiger partial charge in [0.25, 0.3) is 5.91 Å². The van der Waals surface area contributed by atoms with Crippen molar-refractivity contribution in [2.45, 2.75) is 32.3 Å². The second kappa shape index (κ2) is 8.86. The lowest BCUT2D eigenvalue weighted by molar-refractivity contribution is 0.00862. The van der Waals surface area contributed by atoms with Crippen molar-refractivity contribution < 1.29 is 19.1 Å². The van der Waals surface area contributed by atoms with Gasteiger partial charge in [0.05, 0.1) is 22.8 Å². The van der Waals surface area contributed by atoms with E-state index in [9.17, 15) is 9.90 Å². The molecule has 4 rings (SSSR count). The van der Waals surface area contributed by atoms with Crippen molar-refractivity contribution in [3.8, 4) is 11.5 Å². The molecular weight excluding hydrogens is 390 g/mol. The molecule has 152 valence electrons. The van der Waals surface area contributed by atoms with Crippen molar-refractivity contribution in [3.05, 3.63) is 52.9 Å². The van der Waals surface area contributed by atoms with Crippen molar-refractivity contribution in [2.75, 3.05) is 18.5 Å². The molecule has 1 unspecified atom stereocenters. The number of amides is 1. The molecule has 0 bridgehead atoms. The number of furan rings is 1. The molecule has 8 heteroatoms. The summed E-state index contributed by atoms with van der Waals surface area (Å²) in [4.78, 5) is 22.1. The van der Waals surface area contributed by atoms with Crippen LogP contribution in [0.1, 0.15) is 46.8 Å². The van der Waals surface area contributed by atoms with Crippen LogP contribution in [0.4, 0.5) is 5.13 Å². The Hall–Kier alpha value is -2.55. The van der Waals surface area contributed by atoms with Gasteiger partial charge < -0.3 is 14.3 Å². The average Bonchev–Trinajstić information content (AvgIpc) is 3.44. The number of carbonyl (C=O) groups excluding carboxylic acids is 1. The van der Waals surface area contributed by atoms with Gasteiger partial charge >= 0.3 is 0 Å². The van der Waals surface area contributed by atoms with E-state index in [1.165, 1.54) is 11.3 Å². The Kier molecular flexibility index (Phi) is 6.03. The zero-order valence-corrected chi connectivity index (χ0v) is 16.9. The number of anilines is 1. The fraction of sp³-hybridized carbons (Fsp3) is 0.381. The molecule has 7 nitrogen and oxygen atoms in total. The molecule has 2 N–H and O–H groups in total. The van der Waals surface area contributed by atoms with Gasteiger partial charge in [0.1, 0.15) is 5.69 Å². The molecule has 4 heterocycles. The smallest absolute Gasteiger partial charge is 0.259 e. The topological polar surface area (TPSA) is 97.5 Å². The SMILES string of the molecule is CCc1ccc(C(=O)Nc2nc(-c3ccco3)c(C(O)C3CCOCC3)s2)cn1. The number of thiazole rings is 1. The monoisotopic (exact) mass is 413 g/mol. The van der Waals surface area contributed by atoms with Gasteiger partial charge in [-0.05, 0) is 49.4 Å². The third kappa shape index (κ3) is 4.39. The Labute approximate surface area is 172 Å². The number of nitrogens with zero attached hydrogens (tertiary/aromatic N) is 2. The molecule has 1 atom stereocenters. The van der Waals surface area contributed by atoms with Crippen LogP contribution in [-0.4, -0.2) is 34.2 Å². The first-order valence-corrected chi connectivity index (χ1v) is 10.5. The average molecular weight is 413 g/mol. The van der Waals surface area contributed by atoms with E-state index < -0.39 is 6.10 Å². The fourth-order valence-electron chi connectivity index (χ4n) is 3.36. The van der Waals surface area contributed by atoms with Gasteiger partial charge in [-0.3, -0.25) is 15.1 Å². The van der Waals surface area contributed by atoms with E-state index in [0.29, 0.717) is 40.2 Å². The first kappa shape index (κ1) is 19.8. The number of rotatable bonds is 6. The number of carbonyl (C=O) groups is 1. The van der Waals surface area contributed by atoms with Crippen molar-refractivity contribution >= 4 is 22.4 Å². The van der Waals surface area contributed by atoms with E-state index in [4.69, 9.17) is 9.15 Å². The number of aromatic nitrogens is 2. The summed E-state index contributed by atoms with van der Waals surface area (Å²) in [6.07, 6.45) is 4.83. The molecule has 3 aromatic heterocycles. The highest BCUT2D eigenvalue weighted by atomic mass is 32.1. The van der Waals surface area contributed by atoms with Crippen LogP contribution in [-0.2, 0) is 11.2 Å². The van der Waals surface area contributed by atoms with Crippen molar-refractivity contribution in [1.29, 1.82) is 0 Å². The summed E-state index contributed by atoms with van der Waals surface area (Å²) < 4.78 is 10.9. The van der Waals surface area contributed by atoms with Crippen molar-refractivity contribution in [3.63, 3.8) is 0 Å². The lowest BCUT2D eigenvalue weighted by atomic mass is 9.92. The fourth-order valence-corrected chi connectivity index (χ4v) is 4.40. The lowest BCUT2D eigenvalue weighted by Crippen LogP contribution is -2.21. The maximum atomic E-state index is 12.6. The standard InChI is InChI=1S/C21H23N3O4S/c1-2-15-6-5-14(12-22-15)20(26)24-21-23-17(16-4-3-9-28-16)19(29-21)18(25)13-7-10-27-11-8-13/h3-6,9,12-13,18,25H,2,7-8,10-11H2,1H3,(H,23,24,26). The minimum Gasteiger partial charge on any atom is -0.463 e. The van der Waals surface area contributed by atoms with Crippen LogP contribution in [0.25, 0.3) is 11.5 Å². The van der Waals surface area contributed by atoms with Crippen LogP contribution >= 0.6 is 11.3 Å². The van der Waals surface area contributed by atoms with Gasteiger partial charge in [-0.2, -0.15) is 0 Å². The molecular formula is C21H23N3O4S. The summed E-state index contributed by atoms with van der Waals surface area (Å²) in [6.45, 7) is 3.29. The lowest BCUT2D eigenvalue weighted by Gasteiger charge is -2.26. The van der Waals surface area contributed by atoms with Crippen LogP contribution in [0, 0.1) is 5.92 Å². The van der Waals surface area contributed by atoms with Crippen LogP contribution in [0.5, 0.6) is 0 Å². The summed E-state index contributed by atoms with van der Waals surface area (Å²) in [5.74, 6) is 0.371. The summed E-state index contributed by atoms with van der Waals surface area (Å²) in [6, 6.07) is 7.16. The molecule has 0 spiro atoms. The van der Waals surface area contributed by atoms with Crippen LogP contribution < -0.4 is 5.32 Å². The maximum Gasteiger partial charge on any atom is 0.259 e. The minimum absolute atomic E-state index is 0.0900. The number of hydrogen-bond acceptors (Lipinski definition) is 7. The Balaban J connectivity index is 1.59. The number of aliphatic hydroxyl groups is 1. The van der Waals surface area contributed by atoms with E-state index in [1.807, 2.05) is 13.0 Å². The molecule has 1 saturated heterocycles. The van der Waals surface area contributed by atoms with E-state index in [0.717, 1.165) is 25.0 Å². The third-order valence-corrected chi connectivity index (χ3v) is 6.10. The molecule has 0 radical (unpaired) electrons. The highest BCUT2D eigenvalue weighted by molar-refractivity contribution is 7.16. The molecule has 0 saturated carbocycles. The molecule has 0 aliphatic carbocycles. The van der Waals surface area contributed by atoms with Gasteiger partial charge in [0, 0.05) is 25.1 Å². The van der Waals surface area contributed by atoms with Crippen molar-refractivity contribution in [2.24, 2.45) is 5.92 Å². The summed E-state index contributed by atoms with van der Waals surface area (Å²) >= 11 is 1.28. The van der Waals surface area contributed by atoms with Gasteiger partial charge in [0.2, 0.25) is 0 Å². The Morgan fingerprint density at radius 3 is 2.83 bits per heavy atom. The number of aryl methyl sites for hydroxylation is 1. The summed E-state index contributed by atoms with van der Waals surface area (Å²) in [5.41, 5.74) is 1.95. The van der Waals surface area contributed by atoms with E-state index in [1.54, 1.807) is 30.7 Å². The molecule has 3 aromatic rings. The van der Waals surface area contributed by atoms with Gasteiger partial charge in [-0.15, -0.1) is 0 Å². The second-order valence-corrected chi connectivity index (χ2v) is 7.98. The third-order valence-electron chi connectivity index (χ3n) is 5.06. The molecule has 1 aliphatic heterocycles. The van der Waals surface area contributed by atoms with Gasteiger partial charge in [-0.1, -0.05) is 18.3 Å². The van der Waals surface area contributed by atoms with Crippen LogP contribution in [0.2, 0.25) is 0 Å². The zero-order valence-electron chi connectivity index (χ0n) is 16.1. The summed E-state index contributed by atoms with van der Waals surface area (Å²) in [5, 5.41) is 14.2. The zero-order chi connectivity index (χ0) is 20.2. The van der Waals surface area contributed by atoms with E-state index >= 15 is 0 Å².